The van der Waals surface area contributed by atoms with E-state index in [2.05, 4.69) is 0 Å². The first-order chi connectivity index (χ1) is 4.22. The van der Waals surface area contributed by atoms with Gasteiger partial charge in [0.2, 0.25) is 0 Å². The lowest BCUT2D eigenvalue weighted by molar-refractivity contribution is -0.120. The van der Waals surface area contributed by atoms with Crippen molar-refractivity contribution in [3.63, 3.8) is 0 Å². The maximum Gasteiger partial charge on any atom is 0.149 e. The van der Waals surface area contributed by atoms with Crippen molar-refractivity contribution < 1.29 is 9.53 Å². The SMILES string of the molecule is CCO[C@H](C=O)C(C)C. The van der Waals surface area contributed by atoms with Crippen LogP contribution in [0.5, 0.6) is 0 Å². The number of aldehydes is 1. The standard InChI is InChI=1S/C7H14O2/c1-4-9-7(5-8)6(2)3/h5-7H,4H2,1-3H3/t7-/m1/s1. The topological polar surface area (TPSA) is 26.3 Å². The van der Waals surface area contributed by atoms with Crippen LogP contribution in [-0.4, -0.2) is 19.0 Å². The molecule has 0 aliphatic heterocycles. The molecule has 0 aliphatic carbocycles. The predicted octanol–water partition coefficient (Wildman–Crippen LogP) is 1.25. The zero-order valence-corrected chi connectivity index (χ0v) is 6.26. The average Bonchev–Trinajstić information content (AvgIpc) is 1.82. The van der Waals surface area contributed by atoms with Gasteiger partial charge in [-0.3, -0.25) is 0 Å². The molecule has 1 atom stereocenters. The second-order valence-electron chi connectivity index (χ2n) is 2.30. The Morgan fingerprint density at radius 3 is 2.22 bits per heavy atom. The van der Waals surface area contributed by atoms with Gasteiger partial charge >= 0.3 is 0 Å². The highest BCUT2D eigenvalue weighted by Gasteiger charge is 2.09. The van der Waals surface area contributed by atoms with E-state index in [-0.39, 0.29) is 6.10 Å². The Labute approximate surface area is 56.2 Å². The van der Waals surface area contributed by atoms with Crippen LogP contribution in [0.1, 0.15) is 20.8 Å². The number of ether oxygens (including phenoxy) is 1. The molecule has 2 nitrogen and oxygen atoms in total. The van der Waals surface area contributed by atoms with Gasteiger partial charge in [0, 0.05) is 6.61 Å². The van der Waals surface area contributed by atoms with E-state index < -0.39 is 0 Å². The summed E-state index contributed by atoms with van der Waals surface area (Å²) in [5.41, 5.74) is 0. The molecule has 0 N–H and O–H groups in total. The van der Waals surface area contributed by atoms with Crippen LogP contribution in [0.3, 0.4) is 0 Å². The first-order valence-corrected chi connectivity index (χ1v) is 3.29. The molecule has 0 bridgehead atoms. The molecule has 2 heteroatoms. The summed E-state index contributed by atoms with van der Waals surface area (Å²) in [7, 11) is 0. The van der Waals surface area contributed by atoms with Crippen LogP contribution >= 0.6 is 0 Å². The number of carbonyl (C=O) groups is 1. The second kappa shape index (κ2) is 4.50. The van der Waals surface area contributed by atoms with Gasteiger partial charge in [-0.05, 0) is 12.8 Å². The summed E-state index contributed by atoms with van der Waals surface area (Å²) < 4.78 is 5.08. The van der Waals surface area contributed by atoms with Gasteiger partial charge in [-0.25, -0.2) is 0 Å². The molecule has 0 aromatic rings. The van der Waals surface area contributed by atoms with Gasteiger partial charge in [0.15, 0.2) is 0 Å². The molecule has 0 heterocycles. The van der Waals surface area contributed by atoms with Crippen LogP contribution in [0.4, 0.5) is 0 Å². The molecule has 54 valence electrons. The van der Waals surface area contributed by atoms with Crippen molar-refractivity contribution in [2.24, 2.45) is 5.92 Å². The van der Waals surface area contributed by atoms with E-state index >= 15 is 0 Å². The summed E-state index contributed by atoms with van der Waals surface area (Å²) in [5.74, 6) is 0.294. The number of hydrogen-bond donors (Lipinski definition) is 0. The van der Waals surface area contributed by atoms with Crippen molar-refractivity contribution in [2.45, 2.75) is 26.9 Å². The van der Waals surface area contributed by atoms with Crippen molar-refractivity contribution in [1.29, 1.82) is 0 Å². The van der Waals surface area contributed by atoms with Gasteiger partial charge < -0.3 is 9.53 Å². The first kappa shape index (κ1) is 8.63. The fraction of sp³-hybridized carbons (Fsp3) is 0.857. The van der Waals surface area contributed by atoms with Gasteiger partial charge in [-0.15, -0.1) is 0 Å². The lowest BCUT2D eigenvalue weighted by atomic mass is 10.1. The van der Waals surface area contributed by atoms with E-state index in [4.69, 9.17) is 4.74 Å². The fourth-order valence-electron chi connectivity index (χ4n) is 0.581. The highest BCUT2D eigenvalue weighted by atomic mass is 16.5. The van der Waals surface area contributed by atoms with Crippen molar-refractivity contribution >= 4 is 6.29 Å². The van der Waals surface area contributed by atoms with Crippen molar-refractivity contribution in [1.82, 2.24) is 0 Å². The first-order valence-electron chi connectivity index (χ1n) is 3.29. The van der Waals surface area contributed by atoms with Crippen LogP contribution < -0.4 is 0 Å². The molecular weight excluding hydrogens is 116 g/mol. The van der Waals surface area contributed by atoms with E-state index in [1.807, 2.05) is 20.8 Å². The van der Waals surface area contributed by atoms with E-state index in [1.165, 1.54) is 0 Å². The summed E-state index contributed by atoms with van der Waals surface area (Å²) in [6.07, 6.45) is 0.642. The van der Waals surface area contributed by atoms with Crippen LogP contribution in [0, 0.1) is 5.92 Å². The molecule has 0 aliphatic rings. The molecule has 0 saturated carbocycles. The van der Waals surface area contributed by atoms with Crippen LogP contribution in [-0.2, 0) is 9.53 Å². The summed E-state index contributed by atoms with van der Waals surface area (Å²) in [6.45, 7) is 6.43. The summed E-state index contributed by atoms with van der Waals surface area (Å²) in [4.78, 5) is 10.2. The number of rotatable bonds is 4. The van der Waals surface area contributed by atoms with Crippen molar-refractivity contribution in [3.05, 3.63) is 0 Å². The van der Waals surface area contributed by atoms with Gasteiger partial charge in [0.25, 0.3) is 0 Å². The summed E-state index contributed by atoms with van der Waals surface area (Å²) in [6, 6.07) is 0. The minimum absolute atomic E-state index is 0.213. The zero-order chi connectivity index (χ0) is 7.28. The van der Waals surface area contributed by atoms with Gasteiger partial charge in [-0.1, -0.05) is 13.8 Å². The maximum absolute atomic E-state index is 10.2. The minimum atomic E-state index is -0.213. The molecule has 0 amide bonds. The molecule has 0 fully saturated rings. The molecule has 0 radical (unpaired) electrons. The highest BCUT2D eigenvalue weighted by Crippen LogP contribution is 2.02. The molecule has 9 heavy (non-hydrogen) atoms. The van der Waals surface area contributed by atoms with Crippen molar-refractivity contribution in [3.8, 4) is 0 Å². The largest absolute Gasteiger partial charge is 0.371 e. The third-order valence-electron chi connectivity index (χ3n) is 1.15. The molecular formula is C7H14O2. The van der Waals surface area contributed by atoms with Gasteiger partial charge in [0.05, 0.1) is 0 Å². The van der Waals surface area contributed by atoms with E-state index in [0.29, 0.717) is 12.5 Å². The molecule has 0 rings (SSSR count). The maximum atomic E-state index is 10.2. The van der Waals surface area contributed by atoms with E-state index in [1.54, 1.807) is 0 Å². The third kappa shape index (κ3) is 3.25. The van der Waals surface area contributed by atoms with Crippen molar-refractivity contribution in [2.75, 3.05) is 6.61 Å². The van der Waals surface area contributed by atoms with Crippen LogP contribution in [0.15, 0.2) is 0 Å². The summed E-state index contributed by atoms with van der Waals surface area (Å²) in [5, 5.41) is 0. The Bertz CT molecular complexity index is 79.0. The lowest BCUT2D eigenvalue weighted by Crippen LogP contribution is -2.20. The third-order valence-corrected chi connectivity index (χ3v) is 1.15. The Morgan fingerprint density at radius 2 is 2.11 bits per heavy atom. The Balaban J connectivity index is 3.54. The van der Waals surface area contributed by atoms with E-state index in [0.717, 1.165) is 6.29 Å². The van der Waals surface area contributed by atoms with Gasteiger partial charge in [-0.2, -0.15) is 0 Å². The smallest absolute Gasteiger partial charge is 0.149 e. The lowest BCUT2D eigenvalue weighted by Gasteiger charge is -2.12. The fourth-order valence-corrected chi connectivity index (χ4v) is 0.581. The normalized spacial score (nSPS) is 13.8. The predicted molar refractivity (Wildman–Crippen MR) is 36.3 cm³/mol. The quantitative estimate of drug-likeness (QED) is 0.535. The van der Waals surface area contributed by atoms with Crippen LogP contribution in [0.25, 0.3) is 0 Å². The Morgan fingerprint density at radius 1 is 1.56 bits per heavy atom. The molecule has 0 aromatic heterocycles. The summed E-state index contributed by atoms with van der Waals surface area (Å²) >= 11 is 0. The molecule has 0 aromatic carbocycles. The molecule has 0 spiro atoms. The average molecular weight is 130 g/mol. The van der Waals surface area contributed by atoms with Crippen LogP contribution in [0.2, 0.25) is 0 Å². The van der Waals surface area contributed by atoms with Gasteiger partial charge in [0.1, 0.15) is 12.4 Å². The number of carbonyl (C=O) groups excluding carboxylic acids is 1. The zero-order valence-electron chi connectivity index (χ0n) is 6.26. The Kier molecular flexibility index (Phi) is 4.32. The molecule has 0 unspecified atom stereocenters. The number of hydrogen-bond acceptors (Lipinski definition) is 2. The Hall–Kier alpha value is -0.370. The highest BCUT2D eigenvalue weighted by molar-refractivity contribution is 5.56. The molecule has 0 saturated heterocycles. The minimum Gasteiger partial charge on any atom is -0.371 e. The van der Waals surface area contributed by atoms with E-state index in [9.17, 15) is 4.79 Å². The monoisotopic (exact) mass is 130 g/mol. The second-order valence-corrected chi connectivity index (χ2v) is 2.30.